The van der Waals surface area contributed by atoms with Gasteiger partial charge in [-0.2, -0.15) is 0 Å². The molecule has 1 N–H and O–H groups in total. The SMILES string of the molecule is O=C(CSc1n[nH]c(-c2ccccc2)n1)N1CCC(c2nc3ccccc3s2)CC1. The number of para-hydroxylation sites is 1. The largest absolute Gasteiger partial charge is 0.342 e. The number of aromatic amines is 1. The molecular weight excluding hydrogens is 414 g/mol. The lowest BCUT2D eigenvalue weighted by Gasteiger charge is -2.31. The molecule has 0 aliphatic carbocycles. The minimum Gasteiger partial charge on any atom is -0.342 e. The molecule has 0 radical (unpaired) electrons. The summed E-state index contributed by atoms with van der Waals surface area (Å²) in [5, 5.41) is 8.98. The normalized spacial score (nSPS) is 15.0. The zero-order chi connectivity index (χ0) is 20.3. The average molecular weight is 436 g/mol. The van der Waals surface area contributed by atoms with E-state index in [9.17, 15) is 4.79 Å². The van der Waals surface area contributed by atoms with Crippen molar-refractivity contribution in [1.29, 1.82) is 0 Å². The van der Waals surface area contributed by atoms with Crippen LogP contribution in [0, 0.1) is 0 Å². The molecule has 8 heteroatoms. The molecule has 0 spiro atoms. The summed E-state index contributed by atoms with van der Waals surface area (Å²) in [6.45, 7) is 1.56. The van der Waals surface area contributed by atoms with Crippen molar-refractivity contribution in [2.24, 2.45) is 0 Å². The van der Waals surface area contributed by atoms with Crippen LogP contribution in [0.25, 0.3) is 21.6 Å². The highest BCUT2D eigenvalue weighted by atomic mass is 32.2. The second-order valence-electron chi connectivity index (χ2n) is 7.30. The van der Waals surface area contributed by atoms with Gasteiger partial charge in [0.05, 0.1) is 21.0 Å². The van der Waals surface area contributed by atoms with E-state index in [0.29, 0.717) is 16.8 Å². The summed E-state index contributed by atoms with van der Waals surface area (Å²) in [6, 6.07) is 18.1. The average Bonchev–Trinajstić information content (AvgIpc) is 3.45. The Morgan fingerprint density at radius 3 is 2.63 bits per heavy atom. The lowest BCUT2D eigenvalue weighted by molar-refractivity contribution is -0.129. The molecular formula is C22H21N5OS2. The summed E-state index contributed by atoms with van der Waals surface area (Å²) in [5.41, 5.74) is 2.06. The van der Waals surface area contributed by atoms with E-state index in [-0.39, 0.29) is 5.91 Å². The number of amides is 1. The van der Waals surface area contributed by atoms with Crippen LogP contribution in [0.1, 0.15) is 23.8 Å². The molecule has 0 unspecified atom stereocenters. The van der Waals surface area contributed by atoms with E-state index in [2.05, 4.69) is 33.4 Å². The smallest absolute Gasteiger partial charge is 0.233 e. The summed E-state index contributed by atoms with van der Waals surface area (Å²) in [7, 11) is 0. The van der Waals surface area contributed by atoms with E-state index in [0.717, 1.165) is 42.8 Å². The third kappa shape index (κ3) is 4.11. The van der Waals surface area contributed by atoms with Crippen molar-refractivity contribution in [2.75, 3.05) is 18.8 Å². The Hall–Kier alpha value is -2.71. The Balaban J connectivity index is 1.14. The summed E-state index contributed by atoms with van der Waals surface area (Å²) in [5.74, 6) is 1.68. The number of thiazole rings is 1. The Bertz CT molecular complexity index is 1120. The minimum atomic E-state index is 0.147. The second kappa shape index (κ2) is 8.57. The maximum atomic E-state index is 12.7. The first-order valence-corrected chi connectivity index (χ1v) is 11.8. The quantitative estimate of drug-likeness (QED) is 0.465. The van der Waals surface area contributed by atoms with Gasteiger partial charge >= 0.3 is 0 Å². The molecule has 0 saturated carbocycles. The molecule has 6 nitrogen and oxygen atoms in total. The molecule has 0 bridgehead atoms. The molecule has 1 aliphatic rings. The van der Waals surface area contributed by atoms with E-state index in [1.807, 2.05) is 41.3 Å². The standard InChI is InChI=1S/C22H21N5OS2/c28-19(14-29-22-24-20(25-26-22)15-6-2-1-3-7-15)27-12-10-16(11-13-27)21-23-17-8-4-5-9-18(17)30-21/h1-9,16H,10-14H2,(H,24,25,26). The lowest BCUT2D eigenvalue weighted by atomic mass is 9.97. The molecule has 0 atom stereocenters. The number of fused-ring (bicyclic) bond motifs is 1. The zero-order valence-electron chi connectivity index (χ0n) is 16.3. The highest BCUT2D eigenvalue weighted by Crippen LogP contribution is 2.34. The monoisotopic (exact) mass is 435 g/mol. The van der Waals surface area contributed by atoms with Gasteiger partial charge in [0.1, 0.15) is 0 Å². The summed E-state index contributed by atoms with van der Waals surface area (Å²) in [6.07, 6.45) is 1.93. The fraction of sp³-hybridized carbons (Fsp3) is 0.273. The van der Waals surface area contributed by atoms with Gasteiger partial charge < -0.3 is 4.90 Å². The van der Waals surface area contributed by atoms with Gasteiger partial charge in [-0.1, -0.05) is 54.2 Å². The summed E-state index contributed by atoms with van der Waals surface area (Å²) in [4.78, 5) is 23.9. The zero-order valence-corrected chi connectivity index (χ0v) is 18.0. The van der Waals surface area contributed by atoms with Crippen molar-refractivity contribution in [2.45, 2.75) is 23.9 Å². The highest BCUT2D eigenvalue weighted by Gasteiger charge is 2.26. The summed E-state index contributed by atoms with van der Waals surface area (Å²) >= 11 is 3.17. The highest BCUT2D eigenvalue weighted by molar-refractivity contribution is 7.99. The number of aromatic nitrogens is 4. The molecule has 5 rings (SSSR count). The maximum Gasteiger partial charge on any atom is 0.233 e. The third-order valence-electron chi connectivity index (χ3n) is 5.34. The first-order valence-electron chi connectivity index (χ1n) is 10.00. The van der Waals surface area contributed by atoms with Crippen molar-refractivity contribution >= 4 is 39.2 Å². The number of likely N-dealkylation sites (tertiary alicyclic amines) is 1. The number of benzene rings is 2. The van der Waals surface area contributed by atoms with Crippen molar-refractivity contribution in [3.63, 3.8) is 0 Å². The number of nitrogens with one attached hydrogen (secondary N) is 1. The minimum absolute atomic E-state index is 0.147. The first-order chi connectivity index (χ1) is 14.8. The van der Waals surface area contributed by atoms with Gasteiger partial charge in [-0.05, 0) is 25.0 Å². The van der Waals surface area contributed by atoms with Gasteiger partial charge in [-0.15, -0.1) is 16.4 Å². The third-order valence-corrected chi connectivity index (χ3v) is 7.38. The van der Waals surface area contributed by atoms with Crippen LogP contribution in [-0.4, -0.2) is 49.8 Å². The predicted octanol–water partition coefficient (Wildman–Crippen LogP) is 4.58. The first kappa shape index (κ1) is 19.3. The van der Waals surface area contributed by atoms with Gasteiger partial charge in [0.15, 0.2) is 5.82 Å². The Morgan fingerprint density at radius 1 is 1.07 bits per heavy atom. The molecule has 1 saturated heterocycles. The van der Waals surface area contributed by atoms with E-state index < -0.39 is 0 Å². The van der Waals surface area contributed by atoms with Crippen LogP contribution in [0.3, 0.4) is 0 Å². The molecule has 3 heterocycles. The number of nitrogens with zero attached hydrogens (tertiary/aromatic N) is 4. The Morgan fingerprint density at radius 2 is 1.83 bits per heavy atom. The number of hydrogen-bond acceptors (Lipinski definition) is 6. The van der Waals surface area contributed by atoms with Crippen LogP contribution < -0.4 is 0 Å². The van der Waals surface area contributed by atoms with E-state index in [1.165, 1.54) is 21.5 Å². The van der Waals surface area contributed by atoms with Crippen molar-refractivity contribution in [3.05, 3.63) is 59.6 Å². The number of carbonyl (C=O) groups excluding carboxylic acids is 1. The lowest BCUT2D eigenvalue weighted by Crippen LogP contribution is -2.38. The fourth-order valence-corrected chi connectivity index (χ4v) is 5.53. The van der Waals surface area contributed by atoms with E-state index >= 15 is 0 Å². The molecule has 1 fully saturated rings. The fourth-order valence-electron chi connectivity index (χ4n) is 3.69. The van der Waals surface area contributed by atoms with Crippen molar-refractivity contribution < 1.29 is 4.79 Å². The molecule has 152 valence electrons. The van der Waals surface area contributed by atoms with Crippen molar-refractivity contribution in [3.8, 4) is 11.4 Å². The topological polar surface area (TPSA) is 74.8 Å². The summed E-state index contributed by atoms with van der Waals surface area (Å²) < 4.78 is 1.24. The van der Waals surface area contributed by atoms with Gasteiger partial charge in [0, 0.05) is 24.6 Å². The molecule has 1 aliphatic heterocycles. The molecule has 30 heavy (non-hydrogen) atoms. The molecule has 2 aromatic carbocycles. The number of carbonyl (C=O) groups is 1. The molecule has 2 aromatic heterocycles. The van der Waals surface area contributed by atoms with Crippen LogP contribution in [0.2, 0.25) is 0 Å². The number of hydrogen-bond donors (Lipinski definition) is 1. The van der Waals surface area contributed by atoms with Crippen LogP contribution in [-0.2, 0) is 4.79 Å². The number of piperidine rings is 1. The van der Waals surface area contributed by atoms with E-state index in [4.69, 9.17) is 4.98 Å². The van der Waals surface area contributed by atoms with Crippen molar-refractivity contribution in [1.82, 2.24) is 25.1 Å². The Labute approximate surface area is 182 Å². The van der Waals surface area contributed by atoms with Gasteiger partial charge in [-0.25, -0.2) is 9.97 Å². The number of rotatable bonds is 5. The Kier molecular flexibility index (Phi) is 5.50. The van der Waals surface area contributed by atoms with Crippen LogP contribution >= 0.6 is 23.1 Å². The van der Waals surface area contributed by atoms with Crippen LogP contribution in [0.4, 0.5) is 0 Å². The molecule has 4 aromatic rings. The van der Waals surface area contributed by atoms with Crippen LogP contribution in [0.15, 0.2) is 59.8 Å². The van der Waals surface area contributed by atoms with Crippen LogP contribution in [0.5, 0.6) is 0 Å². The second-order valence-corrected chi connectivity index (χ2v) is 9.30. The van der Waals surface area contributed by atoms with Gasteiger partial charge in [0.2, 0.25) is 11.1 Å². The van der Waals surface area contributed by atoms with Gasteiger partial charge in [0.25, 0.3) is 0 Å². The molecule has 1 amide bonds. The van der Waals surface area contributed by atoms with Gasteiger partial charge in [-0.3, -0.25) is 9.89 Å². The number of H-pyrrole nitrogens is 1. The predicted molar refractivity (Wildman–Crippen MR) is 121 cm³/mol. The number of thioether (sulfide) groups is 1. The van der Waals surface area contributed by atoms with E-state index in [1.54, 1.807) is 11.3 Å². The maximum absolute atomic E-state index is 12.7.